The minimum Gasteiger partial charge on any atom is -0.460 e. The smallest absolute Gasteiger partial charge is 0.329 e. The van der Waals surface area contributed by atoms with Crippen LogP contribution >= 0.6 is 0 Å². The van der Waals surface area contributed by atoms with E-state index in [1.807, 2.05) is 51.1 Å². The molecule has 4 N–H and O–H groups in total. The van der Waals surface area contributed by atoms with Gasteiger partial charge in [0, 0.05) is 25.9 Å². The minimum absolute atomic E-state index is 0.0243. The van der Waals surface area contributed by atoms with Gasteiger partial charge in [-0.1, -0.05) is 262 Å². The normalized spacial score (nSPS) is 12.2. The van der Waals surface area contributed by atoms with Crippen molar-refractivity contribution in [3.05, 3.63) is 35.9 Å². The average Bonchev–Trinajstić information content (AvgIpc) is 3.39. The van der Waals surface area contributed by atoms with Crippen molar-refractivity contribution in [1.29, 1.82) is 0 Å². The third kappa shape index (κ3) is 46.6. The average molecular weight is 1080 g/mol. The summed E-state index contributed by atoms with van der Waals surface area (Å²) in [6.45, 7) is 11.1. The van der Waals surface area contributed by atoms with Crippen LogP contribution in [0.15, 0.2) is 30.3 Å². The van der Waals surface area contributed by atoms with Crippen LogP contribution in [0.4, 0.5) is 0 Å². The van der Waals surface area contributed by atoms with Crippen molar-refractivity contribution in [2.75, 3.05) is 13.1 Å². The quantitative estimate of drug-likeness (QED) is 0.0369. The van der Waals surface area contributed by atoms with Crippen molar-refractivity contribution < 1.29 is 38.2 Å². The van der Waals surface area contributed by atoms with Crippen LogP contribution in [0, 0.1) is 0 Å². The molecule has 77 heavy (non-hydrogen) atoms. The molecule has 0 aliphatic carbocycles. The molecule has 0 radical (unpaired) electrons. The number of rotatable bonds is 53. The Morgan fingerprint density at radius 3 is 1.21 bits per heavy atom. The van der Waals surface area contributed by atoms with E-state index in [1.54, 1.807) is 0 Å². The van der Waals surface area contributed by atoms with Crippen LogP contribution in [0.25, 0.3) is 0 Å². The van der Waals surface area contributed by atoms with E-state index in [2.05, 4.69) is 35.1 Å². The molecule has 4 amide bonds. The van der Waals surface area contributed by atoms with Crippen LogP contribution in [-0.2, 0) is 44.8 Å². The number of carbonyl (C=O) groups excluding carboxylic acids is 6. The molecule has 12 nitrogen and oxygen atoms in total. The summed E-state index contributed by atoms with van der Waals surface area (Å²) in [5, 5.41) is 11.4. The Morgan fingerprint density at radius 1 is 0.416 bits per heavy atom. The molecule has 12 heteroatoms. The molecule has 0 aliphatic rings. The molecule has 1 aromatic rings. The number of benzene rings is 1. The number of hydrogen-bond donors (Lipinski definition) is 4. The standard InChI is InChI=1S/C65H116N4O8/c1-6-8-10-12-14-16-18-20-22-26-30-34-38-45-51-66-60(71)53-57(63(74)67-52-46-39-35-31-27-23-21-19-17-15-13-11-9-7-2)68-61(72)54-58(64(75)76-55-56-47-41-40-42-48-56)69-59(70)49-43-36-32-28-24-25-29-33-37-44-50-62(73)77-65(3,4)5/h40-42,47-48,57-58H,6-39,43-46,49-55H2,1-5H3,(H,66,71)(H,67,74)(H,68,72)(H,69,70)/t57-,58-/m0/s1. The van der Waals surface area contributed by atoms with Crippen molar-refractivity contribution >= 4 is 35.6 Å². The zero-order valence-electron chi connectivity index (χ0n) is 50.1. The number of ether oxygens (including phenoxy) is 2. The molecule has 1 rings (SSSR count). The lowest BCUT2D eigenvalue weighted by atomic mass is 10.0. The topological polar surface area (TPSA) is 169 Å². The molecule has 0 spiro atoms. The number of unbranched alkanes of at least 4 members (excludes halogenated alkanes) is 35. The minimum atomic E-state index is -1.27. The maximum absolute atomic E-state index is 13.8. The van der Waals surface area contributed by atoms with Gasteiger partial charge in [-0.15, -0.1) is 0 Å². The third-order valence-electron chi connectivity index (χ3n) is 14.4. The predicted molar refractivity (Wildman–Crippen MR) is 317 cm³/mol. The Balaban J connectivity index is 2.70. The molecule has 444 valence electrons. The monoisotopic (exact) mass is 1080 g/mol. The molecule has 1 aromatic carbocycles. The molecule has 0 aliphatic heterocycles. The molecule has 2 atom stereocenters. The predicted octanol–water partition coefficient (Wildman–Crippen LogP) is 15.7. The first-order valence-corrected chi connectivity index (χ1v) is 31.9. The highest BCUT2D eigenvalue weighted by Crippen LogP contribution is 2.17. The zero-order chi connectivity index (χ0) is 56.3. The number of nitrogens with one attached hydrogen (secondary N) is 4. The SMILES string of the molecule is CCCCCCCCCCCCCCCCNC(=O)C[C@H](NC(=O)C[C@H](NC(=O)CCCCCCCCCCCCC(=O)OC(C)(C)C)C(=O)OCc1ccccc1)C(=O)NCCCCCCCCCCCCCCCC. The van der Waals surface area contributed by atoms with Crippen LogP contribution in [-0.4, -0.2) is 66.3 Å². The summed E-state index contributed by atoms with van der Waals surface area (Å²) in [7, 11) is 0. The summed E-state index contributed by atoms with van der Waals surface area (Å²) in [6.07, 6.45) is 44.6. The fourth-order valence-corrected chi connectivity index (χ4v) is 9.76. The van der Waals surface area contributed by atoms with E-state index in [9.17, 15) is 28.8 Å². The summed E-state index contributed by atoms with van der Waals surface area (Å²) in [4.78, 5) is 79.5. The van der Waals surface area contributed by atoms with Gasteiger partial charge in [0.05, 0.1) is 12.8 Å². The second-order valence-electron chi connectivity index (χ2n) is 23.2. The maximum Gasteiger partial charge on any atom is 0.329 e. The molecular weight excluding hydrogens is 965 g/mol. The Morgan fingerprint density at radius 2 is 0.779 bits per heavy atom. The summed E-state index contributed by atoms with van der Waals surface area (Å²) in [5.74, 6) is -2.62. The Kier molecular flexibility index (Phi) is 46.4. The second kappa shape index (κ2) is 50.3. The molecular formula is C65H116N4O8. The second-order valence-corrected chi connectivity index (χ2v) is 23.2. The Bertz CT molecular complexity index is 1620. The first-order valence-electron chi connectivity index (χ1n) is 31.9. The van der Waals surface area contributed by atoms with Gasteiger partial charge in [-0.3, -0.25) is 24.0 Å². The molecule has 0 aromatic heterocycles. The highest BCUT2D eigenvalue weighted by atomic mass is 16.6. The first kappa shape index (κ1) is 71.1. The van der Waals surface area contributed by atoms with Crippen LogP contribution < -0.4 is 21.3 Å². The van der Waals surface area contributed by atoms with Crippen molar-refractivity contribution in [2.24, 2.45) is 0 Å². The van der Waals surface area contributed by atoms with Crippen LogP contribution in [0.3, 0.4) is 0 Å². The highest BCUT2D eigenvalue weighted by Gasteiger charge is 2.29. The summed E-state index contributed by atoms with van der Waals surface area (Å²) < 4.78 is 11.0. The van der Waals surface area contributed by atoms with Gasteiger partial charge in [0.25, 0.3) is 0 Å². The number of amides is 4. The van der Waals surface area contributed by atoms with Crippen molar-refractivity contribution in [1.82, 2.24) is 21.3 Å². The lowest BCUT2D eigenvalue weighted by molar-refractivity contribution is -0.155. The Labute approximate surface area is 470 Å². The van der Waals surface area contributed by atoms with E-state index in [4.69, 9.17) is 9.47 Å². The molecule has 0 saturated carbocycles. The highest BCUT2D eigenvalue weighted by molar-refractivity contribution is 5.94. The molecule has 0 heterocycles. The Hall–Kier alpha value is -3.96. The lowest BCUT2D eigenvalue weighted by Crippen LogP contribution is -2.51. The van der Waals surface area contributed by atoms with E-state index in [-0.39, 0.29) is 37.2 Å². The number of carbonyl (C=O) groups is 6. The lowest BCUT2D eigenvalue weighted by Gasteiger charge is -2.21. The first-order chi connectivity index (χ1) is 37.3. The van der Waals surface area contributed by atoms with Gasteiger partial charge >= 0.3 is 11.9 Å². The molecule has 0 bridgehead atoms. The van der Waals surface area contributed by atoms with Gasteiger partial charge in [-0.05, 0) is 52.0 Å². The van der Waals surface area contributed by atoms with E-state index in [1.165, 1.54) is 141 Å². The molecule has 0 fully saturated rings. The zero-order valence-corrected chi connectivity index (χ0v) is 50.1. The van der Waals surface area contributed by atoms with E-state index < -0.39 is 41.9 Å². The van der Waals surface area contributed by atoms with Crippen molar-refractivity contribution in [3.8, 4) is 0 Å². The number of esters is 2. The van der Waals surface area contributed by atoms with E-state index in [0.29, 0.717) is 25.9 Å². The largest absolute Gasteiger partial charge is 0.460 e. The number of hydrogen-bond acceptors (Lipinski definition) is 8. The van der Waals surface area contributed by atoms with Gasteiger partial charge in [-0.2, -0.15) is 0 Å². The van der Waals surface area contributed by atoms with E-state index in [0.717, 1.165) is 102 Å². The van der Waals surface area contributed by atoms with Crippen molar-refractivity contribution in [3.63, 3.8) is 0 Å². The fraction of sp³-hybridized carbons (Fsp3) is 0.815. The van der Waals surface area contributed by atoms with Gasteiger partial charge < -0.3 is 30.7 Å². The van der Waals surface area contributed by atoms with Crippen LogP contribution in [0.1, 0.15) is 310 Å². The summed E-state index contributed by atoms with van der Waals surface area (Å²) in [5.41, 5.74) is 0.325. The van der Waals surface area contributed by atoms with Crippen molar-refractivity contribution in [2.45, 2.75) is 329 Å². The van der Waals surface area contributed by atoms with E-state index >= 15 is 0 Å². The third-order valence-corrected chi connectivity index (χ3v) is 14.4. The summed E-state index contributed by atoms with van der Waals surface area (Å²) >= 11 is 0. The summed E-state index contributed by atoms with van der Waals surface area (Å²) in [6, 6.07) is 6.78. The van der Waals surface area contributed by atoms with Gasteiger partial charge in [-0.25, -0.2) is 4.79 Å². The van der Waals surface area contributed by atoms with Gasteiger partial charge in [0.2, 0.25) is 23.6 Å². The molecule has 0 saturated heterocycles. The van der Waals surface area contributed by atoms with Gasteiger partial charge in [0.15, 0.2) is 0 Å². The van der Waals surface area contributed by atoms with Crippen LogP contribution in [0.5, 0.6) is 0 Å². The molecule has 0 unspecified atom stereocenters. The van der Waals surface area contributed by atoms with Gasteiger partial charge in [0.1, 0.15) is 24.3 Å². The maximum atomic E-state index is 13.8. The fourth-order valence-electron chi connectivity index (χ4n) is 9.76. The van der Waals surface area contributed by atoms with Crippen LogP contribution in [0.2, 0.25) is 0 Å².